The monoisotopic (exact) mass is 970 g/mol. The van der Waals surface area contributed by atoms with E-state index in [1.54, 1.807) is 24.3 Å². The van der Waals surface area contributed by atoms with E-state index < -0.39 is 46.0 Å². The van der Waals surface area contributed by atoms with E-state index in [0.717, 1.165) is 75.1 Å². The number of hydrogen-bond donors (Lipinski definition) is 2. The summed E-state index contributed by atoms with van der Waals surface area (Å²) in [5.74, 6) is -3.24. The molecule has 0 saturated heterocycles. The van der Waals surface area contributed by atoms with E-state index in [0.29, 0.717) is 11.4 Å². The van der Waals surface area contributed by atoms with Crippen LogP contribution in [-0.4, -0.2) is 41.6 Å². The largest absolute Gasteiger partial charge is 0.402 e. The molecule has 2 atom stereocenters. The van der Waals surface area contributed by atoms with Crippen molar-refractivity contribution in [3.8, 4) is 0 Å². The minimum Gasteiger partial charge on any atom is -0.326 e. The molecule has 4 aliphatic rings. The van der Waals surface area contributed by atoms with Crippen molar-refractivity contribution in [1.82, 2.24) is 0 Å². The third-order valence-corrected chi connectivity index (χ3v) is 15.9. The quantitative estimate of drug-likeness (QED) is 0.146. The average Bonchev–Trinajstić information content (AvgIpc) is 3.89. The van der Waals surface area contributed by atoms with Crippen molar-refractivity contribution in [2.24, 2.45) is 0 Å². The fraction of sp³-hybridized carbons (Fsp3) is 0.288. The van der Waals surface area contributed by atoms with Crippen molar-refractivity contribution < 1.29 is 41.9 Å². The van der Waals surface area contributed by atoms with E-state index in [-0.39, 0.29) is 67.4 Å². The van der Waals surface area contributed by atoms with Gasteiger partial charge in [0.1, 0.15) is 5.41 Å². The summed E-state index contributed by atoms with van der Waals surface area (Å²) in [6.07, 6.45) is -3.48. The van der Waals surface area contributed by atoms with Gasteiger partial charge in [0.05, 0.1) is 33.6 Å². The summed E-state index contributed by atoms with van der Waals surface area (Å²) in [5.41, 5.74) is 2.84. The number of benzene rings is 6. The molecule has 2 N–H and O–H groups in total. The molecule has 10 rings (SSSR count). The van der Waals surface area contributed by atoms with Crippen molar-refractivity contribution in [2.75, 3.05) is 20.4 Å². The van der Waals surface area contributed by atoms with Crippen LogP contribution < -0.4 is 20.4 Å². The lowest BCUT2D eigenvalue weighted by Gasteiger charge is -2.33. The molecule has 0 saturated carbocycles. The normalized spacial score (nSPS) is 21.3. The summed E-state index contributed by atoms with van der Waals surface area (Å²) in [7, 11) is 0. The first-order chi connectivity index (χ1) is 33.7. The number of hydrogen-bond acceptors (Lipinski definition) is 6. The van der Waals surface area contributed by atoms with E-state index in [2.05, 4.69) is 52.2 Å². The van der Waals surface area contributed by atoms with Crippen molar-refractivity contribution >= 4 is 58.2 Å². The van der Waals surface area contributed by atoms with Gasteiger partial charge < -0.3 is 10.6 Å². The molecule has 0 aromatic heterocycles. The van der Waals surface area contributed by atoms with Gasteiger partial charge in [-0.2, -0.15) is 13.2 Å². The van der Waals surface area contributed by atoms with Crippen molar-refractivity contribution in [1.29, 1.82) is 0 Å². The molecule has 6 aromatic carbocycles. The molecule has 0 bridgehead atoms. The second kappa shape index (κ2) is 15.9. The number of nitrogens with zero attached hydrogens (tertiary/aromatic N) is 2. The van der Waals surface area contributed by atoms with Crippen LogP contribution in [0.15, 0.2) is 121 Å². The van der Waals surface area contributed by atoms with Crippen molar-refractivity contribution in [3.05, 3.63) is 188 Å². The minimum atomic E-state index is -4.97. The summed E-state index contributed by atoms with van der Waals surface area (Å²) in [5, 5.41) is 5.72. The summed E-state index contributed by atoms with van der Waals surface area (Å²) in [6, 6.07) is 32.9. The average molecular weight is 971 g/mol. The summed E-state index contributed by atoms with van der Waals surface area (Å²) in [6.45, 7) is 16.7. The molecule has 10 nitrogen and oxygen atoms in total. The van der Waals surface area contributed by atoms with E-state index in [9.17, 15) is 28.8 Å². The molecule has 2 aliphatic heterocycles. The Hall–Kier alpha value is -7.67. The number of rotatable bonds is 8. The molecular weight excluding hydrogens is 918 g/mol. The number of carbonyl (C=O) groups is 6. The van der Waals surface area contributed by atoms with Crippen LogP contribution in [0.3, 0.4) is 0 Å². The number of fused-ring (bicyclic) bond motifs is 4. The Balaban J connectivity index is 0.914. The minimum absolute atomic E-state index is 0.0481. The zero-order chi connectivity index (χ0) is 51.8. The number of alkyl halides is 3. The van der Waals surface area contributed by atoms with Crippen LogP contribution in [0.4, 0.5) is 35.9 Å². The molecule has 366 valence electrons. The van der Waals surface area contributed by atoms with Gasteiger partial charge >= 0.3 is 6.18 Å². The van der Waals surface area contributed by atoms with Crippen LogP contribution in [0.25, 0.3) is 0 Å². The first kappa shape index (κ1) is 48.0. The maximum Gasteiger partial charge on any atom is 0.402 e. The number of amides is 6. The Morgan fingerprint density at radius 1 is 0.472 bits per heavy atom. The SMILES string of the molecule is CC(=O)Nc1ccc2c(c1)C(C)(C)CC2(C)c1ccc(N2C(=O)c3ccc(C(C)(c4ccc5c(c4)C(=O)N(c4ccc(C6(C)CC(C)(C)c7cc(NC(C)=O)ccc76)cc4)C5=O)C(F)(F)F)cc3C2=O)cc1. The molecule has 13 heteroatoms. The highest BCUT2D eigenvalue weighted by atomic mass is 19.4. The predicted molar refractivity (Wildman–Crippen MR) is 270 cm³/mol. The van der Waals surface area contributed by atoms with Crippen molar-refractivity contribution in [2.45, 2.75) is 108 Å². The summed E-state index contributed by atoms with van der Waals surface area (Å²) in [4.78, 5) is 81.7. The topological polar surface area (TPSA) is 133 Å². The lowest BCUT2D eigenvalue weighted by Crippen LogP contribution is -2.41. The summed E-state index contributed by atoms with van der Waals surface area (Å²) < 4.78 is 47.0. The third-order valence-electron chi connectivity index (χ3n) is 15.9. The fourth-order valence-corrected chi connectivity index (χ4v) is 12.4. The van der Waals surface area contributed by atoms with E-state index >= 15 is 13.2 Å². The number of imide groups is 2. The van der Waals surface area contributed by atoms with Gasteiger partial charge in [-0.15, -0.1) is 0 Å². The molecule has 2 unspecified atom stereocenters. The Kier molecular flexibility index (Phi) is 10.6. The van der Waals surface area contributed by atoms with E-state index in [1.165, 1.54) is 38.1 Å². The van der Waals surface area contributed by atoms with Crippen LogP contribution in [0, 0.1) is 0 Å². The highest BCUT2D eigenvalue weighted by molar-refractivity contribution is 6.35. The second-order valence-electron chi connectivity index (χ2n) is 21.8. The molecule has 2 aliphatic carbocycles. The highest BCUT2D eigenvalue weighted by Crippen LogP contribution is 2.55. The fourth-order valence-electron chi connectivity index (χ4n) is 12.4. The Bertz CT molecular complexity index is 3180. The predicted octanol–water partition coefficient (Wildman–Crippen LogP) is 12.0. The van der Waals surface area contributed by atoms with E-state index in [1.807, 2.05) is 60.7 Å². The van der Waals surface area contributed by atoms with Crippen LogP contribution in [0.5, 0.6) is 0 Å². The highest BCUT2D eigenvalue weighted by Gasteiger charge is 2.55. The molecular formula is C59H53F3N4O6. The molecule has 2 heterocycles. The zero-order valence-electron chi connectivity index (χ0n) is 41.4. The van der Waals surface area contributed by atoms with Gasteiger partial charge in [-0.3, -0.25) is 28.8 Å². The van der Waals surface area contributed by atoms with Gasteiger partial charge in [-0.1, -0.05) is 90.1 Å². The Morgan fingerprint density at radius 2 is 0.819 bits per heavy atom. The van der Waals surface area contributed by atoms with Gasteiger partial charge in [-0.25, -0.2) is 9.80 Å². The Morgan fingerprint density at radius 3 is 1.15 bits per heavy atom. The number of anilines is 4. The number of carbonyl (C=O) groups excluding carboxylic acids is 6. The zero-order valence-corrected chi connectivity index (χ0v) is 41.4. The smallest absolute Gasteiger partial charge is 0.326 e. The molecule has 6 aromatic rings. The molecule has 0 spiro atoms. The Labute approximate surface area is 415 Å². The van der Waals surface area contributed by atoms with Gasteiger partial charge in [0.2, 0.25) is 11.8 Å². The van der Waals surface area contributed by atoms with Gasteiger partial charge in [0, 0.05) is 36.1 Å². The molecule has 6 amide bonds. The number of nitrogens with one attached hydrogen (secondary N) is 2. The van der Waals surface area contributed by atoms with Gasteiger partial charge in [-0.05, 0) is 148 Å². The van der Waals surface area contributed by atoms with Gasteiger partial charge in [0.25, 0.3) is 23.6 Å². The third kappa shape index (κ3) is 7.13. The second-order valence-corrected chi connectivity index (χ2v) is 21.8. The molecule has 0 radical (unpaired) electrons. The summed E-state index contributed by atoms with van der Waals surface area (Å²) >= 11 is 0. The maximum absolute atomic E-state index is 15.7. The number of halogens is 3. The van der Waals surface area contributed by atoms with Crippen molar-refractivity contribution in [3.63, 3.8) is 0 Å². The van der Waals surface area contributed by atoms with Gasteiger partial charge in [0.15, 0.2) is 0 Å². The molecule has 0 fully saturated rings. The lowest BCUT2D eigenvalue weighted by molar-refractivity contribution is -0.173. The van der Waals surface area contributed by atoms with Crippen LogP contribution >= 0.6 is 0 Å². The first-order valence-corrected chi connectivity index (χ1v) is 23.9. The molecule has 72 heavy (non-hydrogen) atoms. The van der Waals surface area contributed by atoms with E-state index in [4.69, 9.17) is 0 Å². The standard InChI is InChI=1S/C59H53F3N4O6/c1-32(67)63-38-16-24-46-48(28-38)54(3,4)30-56(46,7)34-10-18-40(19-11-34)65-50(69)42-22-14-36(26-44(42)52(65)71)58(9,59(60,61)62)37-15-23-43-45(27-37)53(72)66(51(43)70)41-20-12-35(13-21-41)57(8)31-55(5,6)49-29-39(64-33(2)68)17-25-47(49)57/h10-29H,30-31H2,1-9H3,(H,63,67)(H,64,68). The van der Waals surface area contributed by atoms with Crippen LogP contribution in [0.2, 0.25) is 0 Å². The lowest BCUT2D eigenvalue weighted by atomic mass is 9.74. The van der Waals surface area contributed by atoms with Crippen LogP contribution in [0.1, 0.15) is 161 Å². The maximum atomic E-state index is 15.7. The van der Waals surface area contributed by atoms with Crippen LogP contribution in [-0.2, 0) is 36.7 Å². The first-order valence-electron chi connectivity index (χ1n) is 23.9.